The van der Waals surface area contributed by atoms with Crippen molar-refractivity contribution in [2.24, 2.45) is 0 Å². The molecule has 0 aromatic heterocycles. The van der Waals surface area contributed by atoms with Crippen LogP contribution in [-0.2, 0) is 25.5 Å². The van der Waals surface area contributed by atoms with Gasteiger partial charge in [-0.25, -0.2) is 9.29 Å². The molecule has 1 heterocycles. The number of carbonyl (C=O) groups is 3. The minimum Gasteiger partial charge on any atom is -0.495 e. The van der Waals surface area contributed by atoms with Crippen LogP contribution in [0.15, 0.2) is 42.5 Å². The van der Waals surface area contributed by atoms with E-state index < -0.39 is 17.6 Å². The van der Waals surface area contributed by atoms with Crippen molar-refractivity contribution in [3.05, 3.63) is 65.0 Å². The second kappa shape index (κ2) is 8.26. The Morgan fingerprint density at radius 3 is 2.38 bits per heavy atom. The van der Waals surface area contributed by atoms with E-state index in [4.69, 9.17) is 4.74 Å². The smallest absolute Gasteiger partial charge is 0.269 e. The van der Waals surface area contributed by atoms with Gasteiger partial charge in [0.15, 0.2) is 0 Å². The van der Waals surface area contributed by atoms with Crippen LogP contribution in [0, 0.1) is 5.82 Å². The lowest BCUT2D eigenvalue weighted by molar-refractivity contribution is -0.122. The summed E-state index contributed by atoms with van der Waals surface area (Å²) in [7, 11) is 1.44. The molecule has 150 valence electrons. The first-order valence-corrected chi connectivity index (χ1v) is 9.10. The Kier molecular flexibility index (Phi) is 5.77. The Bertz CT molecular complexity index is 1010. The Morgan fingerprint density at radius 2 is 1.79 bits per heavy atom. The van der Waals surface area contributed by atoms with E-state index >= 15 is 0 Å². The maximum Gasteiger partial charge on any atom is 0.269 e. The molecule has 0 radical (unpaired) electrons. The Morgan fingerprint density at radius 1 is 1.10 bits per heavy atom. The van der Waals surface area contributed by atoms with Gasteiger partial charge in [-0.15, -0.1) is 0 Å². The lowest BCUT2D eigenvalue weighted by Crippen LogP contribution is -2.31. The number of imide groups is 1. The molecule has 7 heteroatoms. The summed E-state index contributed by atoms with van der Waals surface area (Å²) in [6.07, 6.45) is 0.665. The molecule has 0 atom stereocenters. The number of benzene rings is 2. The molecule has 3 amide bonds. The highest BCUT2D eigenvalue weighted by Gasteiger charge is 2.38. The van der Waals surface area contributed by atoms with E-state index in [0.29, 0.717) is 29.9 Å². The number of halogens is 1. The molecule has 1 N–H and O–H groups in total. The fourth-order valence-corrected chi connectivity index (χ4v) is 3.34. The summed E-state index contributed by atoms with van der Waals surface area (Å²) in [5, 5.41) is 2.74. The van der Waals surface area contributed by atoms with Crippen molar-refractivity contribution < 1.29 is 23.5 Å². The van der Waals surface area contributed by atoms with Crippen LogP contribution in [-0.4, -0.2) is 31.4 Å². The zero-order valence-corrected chi connectivity index (χ0v) is 16.4. The van der Waals surface area contributed by atoms with E-state index in [2.05, 4.69) is 5.32 Å². The van der Waals surface area contributed by atoms with Gasteiger partial charge in [0.2, 0.25) is 11.8 Å². The number of nitrogens with zero attached hydrogens (tertiary/aromatic N) is 1. The van der Waals surface area contributed by atoms with Gasteiger partial charge >= 0.3 is 0 Å². The Balaban J connectivity index is 2.01. The number of amides is 3. The number of anilines is 1. The van der Waals surface area contributed by atoms with Gasteiger partial charge in [-0.1, -0.05) is 24.3 Å². The van der Waals surface area contributed by atoms with Crippen LogP contribution in [0.25, 0.3) is 11.3 Å². The Hall–Kier alpha value is -3.48. The predicted molar refractivity (Wildman–Crippen MR) is 107 cm³/mol. The van der Waals surface area contributed by atoms with Crippen molar-refractivity contribution in [2.75, 3.05) is 18.6 Å². The molecule has 29 heavy (non-hydrogen) atoms. The summed E-state index contributed by atoms with van der Waals surface area (Å²) in [5.41, 5.74) is 2.52. The van der Waals surface area contributed by atoms with Crippen LogP contribution in [0.1, 0.15) is 30.5 Å². The fourth-order valence-electron chi connectivity index (χ4n) is 3.34. The van der Waals surface area contributed by atoms with E-state index in [1.807, 2.05) is 24.3 Å². The Labute approximate surface area is 168 Å². The minimum atomic E-state index is -0.551. The van der Waals surface area contributed by atoms with Crippen molar-refractivity contribution in [3.8, 4) is 0 Å². The summed E-state index contributed by atoms with van der Waals surface area (Å²) >= 11 is 0. The number of hydrogen-bond donors (Lipinski definition) is 1. The lowest BCUT2D eigenvalue weighted by Gasteiger charge is -2.13. The number of carbonyl (C=O) groups excluding carboxylic acids is 3. The van der Waals surface area contributed by atoms with Gasteiger partial charge < -0.3 is 10.1 Å². The molecule has 1 aliphatic rings. The molecule has 2 aromatic carbocycles. The molecule has 0 saturated carbocycles. The van der Waals surface area contributed by atoms with Crippen molar-refractivity contribution in [1.82, 2.24) is 5.32 Å². The molecule has 3 rings (SSSR count). The van der Waals surface area contributed by atoms with Gasteiger partial charge in [-0.3, -0.25) is 14.4 Å². The van der Waals surface area contributed by atoms with Crippen LogP contribution in [0.4, 0.5) is 10.1 Å². The molecular weight excluding hydrogens is 375 g/mol. The van der Waals surface area contributed by atoms with E-state index in [1.54, 1.807) is 0 Å². The lowest BCUT2D eigenvalue weighted by atomic mass is 10.0. The highest BCUT2D eigenvalue weighted by atomic mass is 19.1. The molecule has 0 saturated heterocycles. The van der Waals surface area contributed by atoms with Crippen molar-refractivity contribution in [2.45, 2.75) is 20.3 Å². The monoisotopic (exact) mass is 396 g/mol. The zero-order chi connectivity index (χ0) is 21.1. The van der Waals surface area contributed by atoms with Gasteiger partial charge in [0.05, 0.1) is 18.4 Å². The molecular formula is C22H21FN2O4. The SMILES string of the molecule is COC(=C1C(=O)N(C(C)=O)c2cc(F)ccc21)c1ccc(CCNC(C)=O)cc1. The molecule has 1 aliphatic heterocycles. The van der Waals surface area contributed by atoms with E-state index in [1.165, 1.54) is 39.2 Å². The highest BCUT2D eigenvalue weighted by molar-refractivity contribution is 6.42. The van der Waals surface area contributed by atoms with Gasteiger partial charge in [0, 0.05) is 31.5 Å². The normalized spacial score (nSPS) is 14.5. The van der Waals surface area contributed by atoms with Gasteiger partial charge in [-0.05, 0) is 30.2 Å². The third kappa shape index (κ3) is 4.03. The summed E-state index contributed by atoms with van der Waals surface area (Å²) in [4.78, 5) is 36.9. The maximum absolute atomic E-state index is 13.7. The minimum absolute atomic E-state index is 0.0853. The average molecular weight is 396 g/mol. The summed E-state index contributed by atoms with van der Waals surface area (Å²) < 4.78 is 19.3. The fraction of sp³-hybridized carbons (Fsp3) is 0.227. The summed E-state index contributed by atoms with van der Waals surface area (Å²) in [6.45, 7) is 3.25. The quantitative estimate of drug-likeness (QED) is 0.623. The zero-order valence-electron chi connectivity index (χ0n) is 16.4. The van der Waals surface area contributed by atoms with Gasteiger partial charge in [-0.2, -0.15) is 0 Å². The number of hydrogen-bond acceptors (Lipinski definition) is 4. The third-order valence-corrected chi connectivity index (χ3v) is 4.64. The van der Waals surface area contributed by atoms with Crippen molar-refractivity contribution >= 4 is 34.7 Å². The standard InChI is InChI=1S/C22H21FN2O4/c1-13(26)24-11-10-15-4-6-16(7-5-15)21(29-3)20-18-9-8-17(23)12-19(18)25(14(2)27)22(20)28/h4-9,12H,10-11H2,1-3H3,(H,24,26). The first-order valence-electron chi connectivity index (χ1n) is 9.10. The maximum atomic E-state index is 13.7. The number of nitrogens with one attached hydrogen (secondary N) is 1. The van der Waals surface area contributed by atoms with Crippen LogP contribution >= 0.6 is 0 Å². The topological polar surface area (TPSA) is 75.7 Å². The molecule has 0 bridgehead atoms. The molecule has 0 unspecified atom stereocenters. The molecule has 2 aromatic rings. The molecule has 0 fully saturated rings. The van der Waals surface area contributed by atoms with Gasteiger partial charge in [0.25, 0.3) is 5.91 Å². The van der Waals surface area contributed by atoms with Crippen LogP contribution in [0.3, 0.4) is 0 Å². The van der Waals surface area contributed by atoms with Crippen molar-refractivity contribution in [1.29, 1.82) is 0 Å². The number of rotatable bonds is 5. The van der Waals surface area contributed by atoms with Crippen LogP contribution < -0.4 is 10.2 Å². The highest BCUT2D eigenvalue weighted by Crippen LogP contribution is 2.41. The number of fused-ring (bicyclic) bond motifs is 1. The van der Waals surface area contributed by atoms with E-state index in [0.717, 1.165) is 10.5 Å². The second-order valence-electron chi connectivity index (χ2n) is 6.66. The number of methoxy groups -OCH3 is 1. The summed E-state index contributed by atoms with van der Waals surface area (Å²) in [5.74, 6) is -1.37. The predicted octanol–water partition coefficient (Wildman–Crippen LogP) is 2.91. The van der Waals surface area contributed by atoms with Crippen LogP contribution in [0.2, 0.25) is 0 Å². The first kappa shape index (κ1) is 20.3. The number of ether oxygens (including phenoxy) is 1. The average Bonchev–Trinajstić information content (AvgIpc) is 2.95. The second-order valence-corrected chi connectivity index (χ2v) is 6.66. The third-order valence-electron chi connectivity index (χ3n) is 4.64. The van der Waals surface area contributed by atoms with Crippen LogP contribution in [0.5, 0.6) is 0 Å². The first-order chi connectivity index (χ1) is 13.8. The van der Waals surface area contributed by atoms with E-state index in [-0.39, 0.29) is 17.2 Å². The van der Waals surface area contributed by atoms with E-state index in [9.17, 15) is 18.8 Å². The summed E-state index contributed by atoms with van der Waals surface area (Å²) in [6, 6.07) is 11.3. The molecule has 0 spiro atoms. The largest absolute Gasteiger partial charge is 0.495 e. The van der Waals surface area contributed by atoms with Crippen molar-refractivity contribution in [3.63, 3.8) is 0 Å². The molecule has 0 aliphatic carbocycles. The van der Waals surface area contributed by atoms with Gasteiger partial charge in [0.1, 0.15) is 11.6 Å². The molecule has 6 nitrogen and oxygen atoms in total.